The normalized spacial score (nSPS) is 16.5. The number of aliphatic hydroxyl groups is 2. The maximum absolute atomic E-state index is 12.4. The van der Waals surface area contributed by atoms with Crippen molar-refractivity contribution < 1.29 is 19.8 Å². The minimum Gasteiger partial charge on any atom is -0.372 e. The van der Waals surface area contributed by atoms with Gasteiger partial charge in [0.1, 0.15) is 0 Å². The molecule has 2 rings (SSSR count). The summed E-state index contributed by atoms with van der Waals surface area (Å²) in [6, 6.07) is 6.45. The second-order valence-corrected chi connectivity index (χ2v) is 9.17. The summed E-state index contributed by atoms with van der Waals surface area (Å²) in [6.45, 7) is 4.81. The van der Waals surface area contributed by atoms with E-state index < -0.39 is 12.3 Å². The zero-order valence-corrected chi connectivity index (χ0v) is 21.0. The van der Waals surface area contributed by atoms with Gasteiger partial charge >= 0.3 is 0 Å². The van der Waals surface area contributed by atoms with Crippen LogP contribution in [0.2, 0.25) is 0 Å². The number of hydrogen-bond donors (Lipinski definition) is 6. The van der Waals surface area contributed by atoms with Crippen molar-refractivity contribution in [3.63, 3.8) is 0 Å². The third kappa shape index (κ3) is 11.5. The second kappa shape index (κ2) is 16.1. The van der Waals surface area contributed by atoms with Crippen molar-refractivity contribution in [2.45, 2.75) is 83.7 Å². The lowest BCUT2D eigenvalue weighted by Crippen LogP contribution is -2.46. The summed E-state index contributed by atoms with van der Waals surface area (Å²) < 4.78 is 0. The summed E-state index contributed by atoms with van der Waals surface area (Å²) in [4.78, 5) is 24.6. The molecule has 1 heterocycles. The van der Waals surface area contributed by atoms with E-state index in [9.17, 15) is 19.8 Å². The molecule has 0 fully saturated rings. The molecule has 0 radical (unpaired) electrons. The number of benzene rings is 1. The number of aliphatic hydroxyl groups excluding tert-OH is 1. The van der Waals surface area contributed by atoms with Crippen molar-refractivity contribution in [2.24, 2.45) is 5.92 Å². The summed E-state index contributed by atoms with van der Waals surface area (Å²) in [5.74, 6) is -0.367. The zero-order valence-electron chi connectivity index (χ0n) is 21.0. The third-order valence-corrected chi connectivity index (χ3v) is 6.05. The Bertz CT molecular complexity index is 823. The Hall–Kier alpha value is -2.68. The number of rotatable bonds is 16. The van der Waals surface area contributed by atoms with Gasteiger partial charge in [-0.2, -0.15) is 0 Å². The average Bonchev–Trinajstić information content (AvgIpc) is 2.85. The van der Waals surface area contributed by atoms with Gasteiger partial charge in [0.25, 0.3) is 0 Å². The van der Waals surface area contributed by atoms with Gasteiger partial charge in [0.15, 0.2) is 6.29 Å². The highest BCUT2D eigenvalue weighted by atomic mass is 16.5. The van der Waals surface area contributed by atoms with E-state index in [1.165, 1.54) is 0 Å². The fourth-order valence-corrected chi connectivity index (χ4v) is 3.82. The Balaban J connectivity index is 1.68. The fraction of sp³-hybridized carbons (Fsp3) is 0.556. The average molecular weight is 487 g/mol. The van der Waals surface area contributed by atoms with Crippen molar-refractivity contribution in [3.8, 4) is 0 Å². The number of hydrogen-bond acceptors (Lipinski definition) is 6. The van der Waals surface area contributed by atoms with Gasteiger partial charge in [-0.25, -0.2) is 0 Å². The van der Waals surface area contributed by atoms with E-state index >= 15 is 0 Å². The minimum atomic E-state index is -1.65. The Kier molecular flexibility index (Phi) is 13.1. The van der Waals surface area contributed by atoms with Gasteiger partial charge in [-0.1, -0.05) is 51.3 Å². The van der Waals surface area contributed by atoms with Crippen LogP contribution in [-0.4, -0.2) is 47.1 Å². The summed E-state index contributed by atoms with van der Waals surface area (Å²) in [6.07, 6.45) is 12.8. The molecule has 0 saturated carbocycles. The first-order chi connectivity index (χ1) is 16.9. The van der Waals surface area contributed by atoms with Crippen LogP contribution in [0.15, 0.2) is 48.7 Å². The standard InChI is InChI=1S/C27H42N4O4/c1-3-4-10-20(2)26(33)31-23(27(34)35)19-21-13-15-22(16-14-21)30-25(32)12-6-5-8-17-28-24-11-7-9-18-29-24/h7,9,11,13-16,18,20,23-24,27-29,34-35H,3-6,8,10,12,17,19H2,1-2H3,(H,30,32)(H,31,33)/t20-,23-,24?/m0/s1. The molecule has 0 bridgehead atoms. The number of anilines is 1. The van der Waals surface area contributed by atoms with Gasteiger partial charge in [-0.15, -0.1) is 0 Å². The third-order valence-electron chi connectivity index (χ3n) is 6.05. The van der Waals surface area contributed by atoms with Crippen LogP contribution in [0.3, 0.4) is 0 Å². The second-order valence-electron chi connectivity index (χ2n) is 9.17. The molecule has 3 atom stereocenters. The number of carbonyl (C=O) groups excluding carboxylic acids is 2. The van der Waals surface area contributed by atoms with Gasteiger partial charge in [0.05, 0.1) is 12.2 Å². The van der Waals surface area contributed by atoms with Gasteiger partial charge in [-0.05, 0) is 68.3 Å². The van der Waals surface area contributed by atoms with Crippen LogP contribution in [0.5, 0.6) is 0 Å². The van der Waals surface area contributed by atoms with Crippen molar-refractivity contribution in [1.29, 1.82) is 0 Å². The van der Waals surface area contributed by atoms with Crippen LogP contribution in [0, 0.1) is 5.92 Å². The van der Waals surface area contributed by atoms with Crippen molar-refractivity contribution >= 4 is 17.5 Å². The van der Waals surface area contributed by atoms with Crippen LogP contribution in [-0.2, 0) is 16.0 Å². The molecule has 2 amide bonds. The molecule has 6 N–H and O–H groups in total. The predicted molar refractivity (Wildman–Crippen MR) is 139 cm³/mol. The predicted octanol–water partition coefficient (Wildman–Crippen LogP) is 2.94. The topological polar surface area (TPSA) is 123 Å². The maximum atomic E-state index is 12.4. The van der Waals surface area contributed by atoms with E-state index in [2.05, 4.69) is 34.3 Å². The van der Waals surface area contributed by atoms with Gasteiger partial charge < -0.3 is 26.2 Å². The first kappa shape index (κ1) is 28.6. The van der Waals surface area contributed by atoms with E-state index in [1.54, 1.807) is 12.1 Å². The molecule has 1 unspecified atom stereocenters. The molecule has 0 aliphatic carbocycles. The number of nitrogens with one attached hydrogen (secondary N) is 4. The monoisotopic (exact) mass is 486 g/mol. The van der Waals surface area contributed by atoms with Crippen LogP contribution >= 0.6 is 0 Å². The van der Waals surface area contributed by atoms with Crippen molar-refractivity contribution in [2.75, 3.05) is 11.9 Å². The first-order valence-corrected chi connectivity index (χ1v) is 12.8. The zero-order chi connectivity index (χ0) is 25.5. The van der Waals surface area contributed by atoms with Crippen LogP contribution in [0.25, 0.3) is 0 Å². The molecular formula is C27H42N4O4. The highest BCUT2D eigenvalue weighted by Gasteiger charge is 2.22. The molecule has 0 saturated heterocycles. The molecule has 194 valence electrons. The molecule has 8 heteroatoms. The highest BCUT2D eigenvalue weighted by Crippen LogP contribution is 2.14. The molecule has 1 aliphatic rings. The Morgan fingerprint density at radius 1 is 1.06 bits per heavy atom. The number of allylic oxidation sites excluding steroid dienone is 2. The molecule has 0 aromatic heterocycles. The summed E-state index contributed by atoms with van der Waals surface area (Å²) in [5.41, 5.74) is 1.54. The quantitative estimate of drug-likeness (QED) is 0.158. The van der Waals surface area contributed by atoms with Crippen molar-refractivity contribution in [3.05, 3.63) is 54.3 Å². The number of dihydropyridines is 1. The van der Waals surface area contributed by atoms with Gasteiger partial charge in [0.2, 0.25) is 11.8 Å². The highest BCUT2D eigenvalue weighted by molar-refractivity contribution is 5.90. The van der Waals surface area contributed by atoms with Gasteiger partial charge in [0, 0.05) is 18.0 Å². The Morgan fingerprint density at radius 2 is 1.83 bits per heavy atom. The number of unbranched alkanes of at least 4 members (excludes halogenated alkanes) is 3. The van der Waals surface area contributed by atoms with Crippen LogP contribution < -0.4 is 21.3 Å². The molecule has 1 aromatic carbocycles. The number of carbonyl (C=O) groups is 2. The molecule has 0 spiro atoms. The lowest BCUT2D eigenvalue weighted by Gasteiger charge is -2.23. The lowest BCUT2D eigenvalue weighted by molar-refractivity contribution is -0.130. The van der Waals surface area contributed by atoms with Crippen LogP contribution in [0.1, 0.15) is 64.4 Å². The van der Waals surface area contributed by atoms with E-state index in [1.807, 2.05) is 37.4 Å². The van der Waals surface area contributed by atoms with E-state index in [4.69, 9.17) is 0 Å². The number of amides is 2. The van der Waals surface area contributed by atoms with E-state index in [-0.39, 0.29) is 30.3 Å². The van der Waals surface area contributed by atoms with Gasteiger partial charge in [-0.3, -0.25) is 14.9 Å². The SMILES string of the molecule is CCCC[C@H](C)C(=O)N[C@@H](Cc1ccc(NC(=O)CCCCCNC2C=CC=CN2)cc1)C(O)O. The molecule has 8 nitrogen and oxygen atoms in total. The van der Waals surface area contributed by atoms with Crippen LogP contribution in [0.4, 0.5) is 5.69 Å². The minimum absolute atomic E-state index is 0.0234. The Labute approximate surface area is 209 Å². The molecule has 1 aliphatic heterocycles. The lowest BCUT2D eigenvalue weighted by atomic mass is 10.0. The van der Waals surface area contributed by atoms with Crippen molar-refractivity contribution in [1.82, 2.24) is 16.0 Å². The summed E-state index contributed by atoms with van der Waals surface area (Å²) in [5, 5.41) is 31.7. The van der Waals surface area contributed by atoms with E-state index in [0.29, 0.717) is 12.1 Å². The maximum Gasteiger partial charge on any atom is 0.224 e. The van der Waals surface area contributed by atoms with E-state index in [0.717, 1.165) is 50.6 Å². The largest absolute Gasteiger partial charge is 0.372 e. The molecule has 35 heavy (non-hydrogen) atoms. The first-order valence-electron chi connectivity index (χ1n) is 12.8. The smallest absolute Gasteiger partial charge is 0.224 e. The molecule has 1 aromatic rings. The molecular weight excluding hydrogens is 444 g/mol. The summed E-state index contributed by atoms with van der Waals surface area (Å²) in [7, 11) is 0. The Morgan fingerprint density at radius 3 is 2.49 bits per heavy atom. The fourth-order valence-electron chi connectivity index (χ4n) is 3.82. The summed E-state index contributed by atoms with van der Waals surface area (Å²) >= 11 is 0.